The highest BCUT2D eigenvalue weighted by Gasteiger charge is 2.22. The molecule has 0 saturated carbocycles. The Morgan fingerprint density at radius 2 is 1.86 bits per heavy atom. The van der Waals surface area contributed by atoms with Crippen LogP contribution in [0.25, 0.3) is 0 Å². The number of nitrogens with one attached hydrogen (secondary N) is 1. The van der Waals surface area contributed by atoms with Crippen LogP contribution in [0.5, 0.6) is 5.75 Å². The molecule has 1 aliphatic heterocycles. The summed E-state index contributed by atoms with van der Waals surface area (Å²) in [6, 6.07) is 16.6. The number of ether oxygens (including phenoxy) is 1. The molecule has 0 unspecified atom stereocenters. The maximum absolute atomic E-state index is 12.1. The number of anilines is 1. The Hall–Kier alpha value is -3.59. The van der Waals surface area contributed by atoms with Crippen molar-refractivity contribution in [2.24, 2.45) is 0 Å². The van der Waals surface area contributed by atoms with Gasteiger partial charge < -0.3 is 15.0 Å². The number of nitriles is 1. The van der Waals surface area contributed by atoms with Crippen LogP contribution in [-0.4, -0.2) is 36.4 Å². The fourth-order valence-corrected chi connectivity index (χ4v) is 3.43. The van der Waals surface area contributed by atoms with Gasteiger partial charge in [0.1, 0.15) is 11.8 Å². The second-order valence-corrected chi connectivity index (χ2v) is 6.87. The Morgan fingerprint density at radius 3 is 2.52 bits per heavy atom. The molecule has 0 bridgehead atoms. The van der Waals surface area contributed by atoms with Gasteiger partial charge in [-0.05, 0) is 54.7 Å². The summed E-state index contributed by atoms with van der Waals surface area (Å²) >= 11 is 0. The third kappa shape index (κ3) is 5.23. The molecule has 6 nitrogen and oxygen atoms in total. The average molecular weight is 389 g/mol. The molecule has 3 rings (SSSR count). The summed E-state index contributed by atoms with van der Waals surface area (Å²) in [4.78, 5) is 25.6. The maximum atomic E-state index is 12.1. The molecule has 1 saturated heterocycles. The number of carbonyl (C=O) groups is 2. The molecule has 0 aromatic heterocycles. The fraction of sp³-hybridized carbons (Fsp3) is 0.261. The number of piperidine rings is 1. The van der Waals surface area contributed by atoms with Crippen molar-refractivity contribution in [3.8, 4) is 11.8 Å². The number of benzene rings is 2. The van der Waals surface area contributed by atoms with Gasteiger partial charge >= 0.3 is 0 Å². The number of para-hydroxylation sites is 1. The molecular formula is C23H23N3O3. The normalized spacial score (nSPS) is 14.0. The summed E-state index contributed by atoms with van der Waals surface area (Å²) in [7, 11) is 0. The average Bonchev–Trinajstić information content (AvgIpc) is 2.78. The lowest BCUT2D eigenvalue weighted by Crippen LogP contribution is -2.36. The van der Waals surface area contributed by atoms with Gasteiger partial charge in [0.05, 0.1) is 5.56 Å². The topological polar surface area (TPSA) is 82.4 Å². The molecule has 29 heavy (non-hydrogen) atoms. The smallest absolute Gasteiger partial charge is 0.262 e. The van der Waals surface area contributed by atoms with Crippen LogP contribution >= 0.6 is 0 Å². The number of amides is 2. The summed E-state index contributed by atoms with van der Waals surface area (Å²) in [5, 5.41) is 11.9. The molecule has 6 heteroatoms. The molecule has 0 radical (unpaired) electrons. The third-order valence-corrected chi connectivity index (χ3v) is 5.01. The molecule has 0 spiro atoms. The molecule has 1 fully saturated rings. The van der Waals surface area contributed by atoms with Crippen molar-refractivity contribution in [1.29, 1.82) is 5.26 Å². The molecule has 0 aliphatic carbocycles. The molecular weight excluding hydrogens is 366 g/mol. The highest BCUT2D eigenvalue weighted by atomic mass is 16.5. The lowest BCUT2D eigenvalue weighted by molar-refractivity contribution is -0.127. The largest absolute Gasteiger partial charge is 0.482 e. The predicted molar refractivity (Wildman–Crippen MR) is 110 cm³/mol. The molecule has 148 valence electrons. The number of likely N-dealkylation sites (tertiary alicyclic amines) is 1. The van der Waals surface area contributed by atoms with Gasteiger partial charge in [0.25, 0.3) is 5.91 Å². The Labute approximate surface area is 170 Å². The van der Waals surface area contributed by atoms with Gasteiger partial charge in [-0.3, -0.25) is 9.59 Å². The van der Waals surface area contributed by atoms with Crippen LogP contribution in [0, 0.1) is 11.3 Å². The minimum absolute atomic E-state index is 0.0128. The van der Waals surface area contributed by atoms with Crippen molar-refractivity contribution in [3.63, 3.8) is 0 Å². The monoisotopic (exact) mass is 389 g/mol. The lowest BCUT2D eigenvalue weighted by Gasteiger charge is -2.31. The quantitative estimate of drug-likeness (QED) is 0.767. The van der Waals surface area contributed by atoms with Crippen molar-refractivity contribution >= 4 is 17.5 Å². The molecule has 1 N–H and O–H groups in total. The van der Waals surface area contributed by atoms with Crippen molar-refractivity contribution in [2.45, 2.75) is 18.8 Å². The minimum Gasteiger partial charge on any atom is -0.482 e. The molecule has 0 atom stereocenters. The molecule has 1 aliphatic rings. The first-order valence-electron chi connectivity index (χ1n) is 9.54. The van der Waals surface area contributed by atoms with Crippen molar-refractivity contribution in [3.05, 3.63) is 72.3 Å². The summed E-state index contributed by atoms with van der Waals surface area (Å²) in [5.41, 5.74) is 2.29. The van der Waals surface area contributed by atoms with Crippen LogP contribution in [0.2, 0.25) is 0 Å². The zero-order valence-corrected chi connectivity index (χ0v) is 16.1. The number of nitrogens with zero attached hydrogens (tertiary/aromatic N) is 2. The van der Waals surface area contributed by atoms with E-state index in [1.807, 2.05) is 35.2 Å². The van der Waals surface area contributed by atoms with E-state index in [1.54, 1.807) is 24.3 Å². The first-order valence-corrected chi connectivity index (χ1v) is 9.54. The number of rotatable bonds is 6. The maximum Gasteiger partial charge on any atom is 0.262 e. The minimum atomic E-state index is -0.290. The zero-order chi connectivity index (χ0) is 20.6. The van der Waals surface area contributed by atoms with Crippen molar-refractivity contribution < 1.29 is 14.3 Å². The predicted octanol–water partition coefficient (Wildman–Crippen LogP) is 3.47. The van der Waals surface area contributed by atoms with Crippen molar-refractivity contribution in [2.75, 3.05) is 25.0 Å². The van der Waals surface area contributed by atoms with E-state index in [9.17, 15) is 9.59 Å². The van der Waals surface area contributed by atoms with E-state index in [-0.39, 0.29) is 18.4 Å². The van der Waals surface area contributed by atoms with Crippen LogP contribution in [0.4, 0.5) is 5.69 Å². The standard InChI is InChI=1S/C23H23N3O3/c1-2-23(28)26-13-11-18(12-14-26)17-7-9-20(10-8-17)25-22(27)16-29-21-6-4-3-5-19(21)15-24/h2-10,18H,1,11-14,16H2,(H,25,27). The van der Waals surface area contributed by atoms with Gasteiger partial charge in [-0.1, -0.05) is 30.8 Å². The molecule has 1 heterocycles. The van der Waals surface area contributed by atoms with E-state index >= 15 is 0 Å². The van der Waals surface area contributed by atoms with Gasteiger partial charge in [-0.15, -0.1) is 0 Å². The number of carbonyl (C=O) groups excluding carboxylic acids is 2. The van der Waals surface area contributed by atoms with E-state index in [1.165, 1.54) is 11.6 Å². The van der Waals surface area contributed by atoms with Crippen LogP contribution in [-0.2, 0) is 9.59 Å². The third-order valence-electron chi connectivity index (χ3n) is 5.01. The number of hydrogen-bond acceptors (Lipinski definition) is 4. The molecule has 2 aromatic carbocycles. The highest BCUT2D eigenvalue weighted by molar-refractivity contribution is 5.91. The summed E-state index contributed by atoms with van der Waals surface area (Å²) in [5.74, 6) is 0.490. The van der Waals surface area contributed by atoms with Gasteiger partial charge in [0.2, 0.25) is 5.91 Å². The zero-order valence-electron chi connectivity index (χ0n) is 16.1. The fourth-order valence-electron chi connectivity index (χ4n) is 3.43. The van der Waals surface area contributed by atoms with E-state index in [2.05, 4.69) is 11.9 Å². The summed E-state index contributed by atoms with van der Waals surface area (Å²) in [6.45, 7) is 4.83. The Kier molecular flexibility index (Phi) is 6.64. The van der Waals surface area contributed by atoms with Crippen LogP contribution < -0.4 is 10.1 Å². The van der Waals surface area contributed by atoms with E-state index in [0.29, 0.717) is 22.9 Å². The van der Waals surface area contributed by atoms with E-state index < -0.39 is 0 Å². The van der Waals surface area contributed by atoms with Crippen LogP contribution in [0.15, 0.2) is 61.2 Å². The van der Waals surface area contributed by atoms with Gasteiger partial charge in [-0.25, -0.2) is 0 Å². The van der Waals surface area contributed by atoms with Crippen LogP contribution in [0.3, 0.4) is 0 Å². The molecule has 2 amide bonds. The summed E-state index contributed by atoms with van der Waals surface area (Å²) < 4.78 is 5.45. The van der Waals surface area contributed by atoms with Crippen molar-refractivity contribution in [1.82, 2.24) is 4.90 Å². The summed E-state index contributed by atoms with van der Waals surface area (Å²) in [6.07, 6.45) is 3.19. The van der Waals surface area contributed by atoms with Gasteiger partial charge in [0, 0.05) is 18.8 Å². The number of hydrogen-bond donors (Lipinski definition) is 1. The Balaban J connectivity index is 1.50. The SMILES string of the molecule is C=CC(=O)N1CCC(c2ccc(NC(=O)COc3ccccc3C#N)cc2)CC1. The lowest BCUT2D eigenvalue weighted by atomic mass is 9.89. The molecule has 2 aromatic rings. The van der Waals surface area contributed by atoms with Crippen LogP contribution in [0.1, 0.15) is 29.9 Å². The first-order chi connectivity index (χ1) is 14.1. The second-order valence-electron chi connectivity index (χ2n) is 6.87. The first kappa shape index (κ1) is 20.2. The van der Waals surface area contributed by atoms with Gasteiger partial charge in [0.15, 0.2) is 6.61 Å². The van der Waals surface area contributed by atoms with E-state index in [4.69, 9.17) is 10.00 Å². The Bertz CT molecular complexity index is 923. The highest BCUT2D eigenvalue weighted by Crippen LogP contribution is 2.29. The Morgan fingerprint density at radius 1 is 1.17 bits per heavy atom. The van der Waals surface area contributed by atoms with E-state index in [0.717, 1.165) is 25.9 Å². The van der Waals surface area contributed by atoms with Gasteiger partial charge in [-0.2, -0.15) is 5.26 Å². The second kappa shape index (κ2) is 9.56.